The molecule has 1 fully saturated rings. The number of hydrogen-bond acceptors (Lipinski definition) is 3. The molecule has 1 aromatic heterocycles. The number of nitrogens with zero attached hydrogens (tertiary/aromatic N) is 1. The maximum absolute atomic E-state index is 12.7. The van der Waals surface area contributed by atoms with E-state index in [0.717, 1.165) is 23.0 Å². The van der Waals surface area contributed by atoms with Crippen LogP contribution in [0.15, 0.2) is 28.7 Å². The number of H-pyrrole nitrogens is 1. The second kappa shape index (κ2) is 8.11. The van der Waals surface area contributed by atoms with Crippen LogP contribution in [0.2, 0.25) is 5.02 Å². The van der Waals surface area contributed by atoms with Gasteiger partial charge in [0.15, 0.2) is 5.69 Å². The van der Waals surface area contributed by atoms with Crippen molar-refractivity contribution in [3.05, 3.63) is 50.7 Å². The number of ether oxygens (including phenoxy) is 1. The number of rotatable bonds is 5. The zero-order valence-corrected chi connectivity index (χ0v) is 17.3. The molecule has 0 atom stereocenters. The normalized spacial score (nSPS) is 16.7. The predicted molar refractivity (Wildman–Crippen MR) is 106 cm³/mol. The first-order valence-corrected chi connectivity index (χ1v) is 9.96. The van der Waals surface area contributed by atoms with Crippen molar-refractivity contribution in [1.82, 2.24) is 15.5 Å². The molecule has 1 aliphatic rings. The fourth-order valence-corrected chi connectivity index (χ4v) is 4.28. The third kappa shape index (κ3) is 3.97. The highest BCUT2D eigenvalue weighted by molar-refractivity contribution is 9.10. The molecule has 0 spiro atoms. The van der Waals surface area contributed by atoms with Gasteiger partial charge in [0.05, 0.1) is 10.2 Å². The van der Waals surface area contributed by atoms with Gasteiger partial charge >= 0.3 is 0 Å². The molecule has 0 radical (unpaired) electrons. The molecule has 1 amide bonds. The molecule has 2 heterocycles. The summed E-state index contributed by atoms with van der Waals surface area (Å²) in [6.07, 6.45) is 1.71. The second-order valence-electron chi connectivity index (χ2n) is 7.04. The Hall–Kier alpha value is -1.37. The number of halogens is 2. The van der Waals surface area contributed by atoms with Crippen LogP contribution in [-0.2, 0) is 10.2 Å². The molecule has 26 heavy (non-hydrogen) atoms. The molecule has 5 nitrogen and oxygen atoms in total. The molecule has 0 saturated carbocycles. The Morgan fingerprint density at radius 3 is 2.58 bits per heavy atom. The summed E-state index contributed by atoms with van der Waals surface area (Å²) in [6, 6.07) is 7.88. The Morgan fingerprint density at radius 1 is 1.35 bits per heavy atom. The van der Waals surface area contributed by atoms with Crippen LogP contribution in [0.25, 0.3) is 0 Å². The molecule has 0 aliphatic carbocycles. The molecule has 140 valence electrons. The Balaban J connectivity index is 1.78. The van der Waals surface area contributed by atoms with Crippen LogP contribution in [0, 0.1) is 0 Å². The minimum absolute atomic E-state index is 0.151. The average molecular weight is 441 g/mol. The van der Waals surface area contributed by atoms with Crippen LogP contribution >= 0.6 is 27.5 Å². The van der Waals surface area contributed by atoms with Gasteiger partial charge in [-0.3, -0.25) is 9.89 Å². The second-order valence-corrected chi connectivity index (χ2v) is 8.27. The molecule has 0 bridgehead atoms. The van der Waals surface area contributed by atoms with Gasteiger partial charge in [-0.2, -0.15) is 5.10 Å². The zero-order valence-electron chi connectivity index (χ0n) is 14.9. The summed E-state index contributed by atoms with van der Waals surface area (Å²) < 4.78 is 6.28. The van der Waals surface area contributed by atoms with E-state index >= 15 is 0 Å². The monoisotopic (exact) mass is 439 g/mol. The van der Waals surface area contributed by atoms with Crippen LogP contribution in [0.3, 0.4) is 0 Å². The molecule has 0 unspecified atom stereocenters. The van der Waals surface area contributed by atoms with Gasteiger partial charge in [0.1, 0.15) is 0 Å². The summed E-state index contributed by atoms with van der Waals surface area (Å²) in [5, 5.41) is 10.9. The number of aromatic amines is 1. The first-order valence-electron chi connectivity index (χ1n) is 8.79. The SMILES string of the molecule is CC(C)c1[nH]nc(C(=O)NCC2(c3ccc(Cl)cc3)CCOCC2)c1Br. The van der Waals surface area contributed by atoms with Crippen molar-refractivity contribution >= 4 is 33.4 Å². The summed E-state index contributed by atoms with van der Waals surface area (Å²) in [5.41, 5.74) is 2.34. The van der Waals surface area contributed by atoms with E-state index in [2.05, 4.69) is 45.3 Å². The van der Waals surface area contributed by atoms with Crippen LogP contribution < -0.4 is 5.32 Å². The van der Waals surface area contributed by atoms with Gasteiger partial charge in [-0.25, -0.2) is 0 Å². The maximum atomic E-state index is 12.7. The van der Waals surface area contributed by atoms with Crippen LogP contribution in [0.1, 0.15) is 54.4 Å². The van der Waals surface area contributed by atoms with Gasteiger partial charge in [-0.15, -0.1) is 0 Å². The number of carbonyl (C=O) groups excluding carboxylic acids is 1. The van der Waals surface area contributed by atoms with Crippen LogP contribution in [0.5, 0.6) is 0 Å². The van der Waals surface area contributed by atoms with Gasteiger partial charge < -0.3 is 10.1 Å². The van der Waals surface area contributed by atoms with Gasteiger partial charge in [0.2, 0.25) is 0 Å². The molecule has 7 heteroatoms. The Kier molecular flexibility index (Phi) is 6.05. The predicted octanol–water partition coefficient (Wildman–Crippen LogP) is 4.43. The molecule has 1 saturated heterocycles. The standard InChI is InChI=1S/C19H23BrClN3O2/c1-12(2)16-15(20)17(24-23-16)18(25)22-11-19(7-9-26-10-8-19)13-3-5-14(21)6-4-13/h3-6,12H,7-11H2,1-2H3,(H,22,25)(H,23,24). The third-order valence-corrected chi connectivity index (χ3v) is 6.07. The number of amides is 1. The number of benzene rings is 1. The van der Waals surface area contributed by atoms with E-state index in [1.807, 2.05) is 24.3 Å². The van der Waals surface area contributed by atoms with Crippen molar-refractivity contribution in [3.8, 4) is 0 Å². The van der Waals surface area contributed by atoms with E-state index in [4.69, 9.17) is 16.3 Å². The molecular formula is C19H23BrClN3O2. The Morgan fingerprint density at radius 2 is 2.00 bits per heavy atom. The summed E-state index contributed by atoms with van der Waals surface area (Å²) in [7, 11) is 0. The van der Waals surface area contributed by atoms with Crippen LogP contribution in [-0.4, -0.2) is 35.9 Å². The lowest BCUT2D eigenvalue weighted by molar-refractivity contribution is 0.0486. The lowest BCUT2D eigenvalue weighted by Crippen LogP contribution is -2.44. The summed E-state index contributed by atoms with van der Waals surface area (Å²) in [6.45, 7) is 6.01. The number of aromatic nitrogens is 2. The van der Waals surface area contributed by atoms with Crippen molar-refractivity contribution in [3.63, 3.8) is 0 Å². The minimum atomic E-state index is -0.181. The number of hydrogen-bond donors (Lipinski definition) is 2. The van der Waals surface area contributed by atoms with Crippen molar-refractivity contribution in [1.29, 1.82) is 0 Å². The largest absolute Gasteiger partial charge is 0.381 e. The highest BCUT2D eigenvalue weighted by atomic mass is 79.9. The van der Waals surface area contributed by atoms with E-state index in [-0.39, 0.29) is 17.2 Å². The van der Waals surface area contributed by atoms with Crippen molar-refractivity contribution in [2.75, 3.05) is 19.8 Å². The van der Waals surface area contributed by atoms with E-state index in [0.29, 0.717) is 30.5 Å². The lowest BCUT2D eigenvalue weighted by Gasteiger charge is -2.38. The molecular weight excluding hydrogens is 418 g/mol. The first kappa shape index (κ1) is 19.4. The number of nitrogens with one attached hydrogen (secondary N) is 2. The zero-order chi connectivity index (χ0) is 18.7. The summed E-state index contributed by atoms with van der Waals surface area (Å²) >= 11 is 9.53. The van der Waals surface area contributed by atoms with E-state index < -0.39 is 0 Å². The third-order valence-electron chi connectivity index (χ3n) is 5.02. The summed E-state index contributed by atoms with van der Waals surface area (Å²) in [4.78, 5) is 12.7. The topological polar surface area (TPSA) is 67.0 Å². The van der Waals surface area contributed by atoms with Gasteiger partial charge in [0.25, 0.3) is 5.91 Å². The Labute approximate surface area is 167 Å². The molecule has 1 aromatic carbocycles. The van der Waals surface area contributed by atoms with Crippen molar-refractivity contribution < 1.29 is 9.53 Å². The molecule has 1 aliphatic heterocycles. The summed E-state index contributed by atoms with van der Waals surface area (Å²) in [5.74, 6) is 0.0779. The lowest BCUT2D eigenvalue weighted by atomic mass is 9.74. The smallest absolute Gasteiger partial charge is 0.272 e. The van der Waals surface area contributed by atoms with Gasteiger partial charge in [0, 0.05) is 30.2 Å². The number of carbonyl (C=O) groups is 1. The van der Waals surface area contributed by atoms with E-state index in [1.54, 1.807) is 0 Å². The molecule has 3 rings (SSSR count). The van der Waals surface area contributed by atoms with Crippen molar-refractivity contribution in [2.24, 2.45) is 0 Å². The fourth-order valence-electron chi connectivity index (χ4n) is 3.34. The van der Waals surface area contributed by atoms with Gasteiger partial charge in [-0.05, 0) is 52.4 Å². The maximum Gasteiger partial charge on any atom is 0.272 e. The van der Waals surface area contributed by atoms with Crippen LogP contribution in [0.4, 0.5) is 0 Å². The first-order chi connectivity index (χ1) is 12.4. The van der Waals surface area contributed by atoms with Crippen molar-refractivity contribution in [2.45, 2.75) is 38.0 Å². The Bertz CT molecular complexity index is 768. The quantitative estimate of drug-likeness (QED) is 0.723. The van der Waals surface area contributed by atoms with Gasteiger partial charge in [-0.1, -0.05) is 37.6 Å². The van der Waals surface area contributed by atoms with E-state index in [1.165, 1.54) is 5.56 Å². The minimum Gasteiger partial charge on any atom is -0.381 e. The fraction of sp³-hybridized carbons (Fsp3) is 0.474. The highest BCUT2D eigenvalue weighted by Gasteiger charge is 2.35. The highest BCUT2D eigenvalue weighted by Crippen LogP contribution is 2.35. The molecule has 2 N–H and O–H groups in total. The van der Waals surface area contributed by atoms with E-state index in [9.17, 15) is 4.79 Å². The average Bonchev–Trinajstić information content (AvgIpc) is 3.03. The molecule has 2 aromatic rings.